The molecule has 1 fully saturated rings. The molecule has 0 saturated carbocycles. The second-order valence-electron chi connectivity index (χ2n) is 5.28. The Morgan fingerprint density at radius 2 is 2.10 bits per heavy atom. The molecule has 1 aliphatic heterocycles. The standard InChI is InChI=1S/C15H23N3O2/c1-12-11-13(19)3-4-14(12)15(20)18-7-2-6-17(8-5-16)9-10-18/h3-4,11,19H,2,5-10,16H2,1H3. The number of carbonyl (C=O) groups excluding carboxylic acids is 1. The van der Waals surface area contributed by atoms with Crippen LogP contribution in [0.5, 0.6) is 5.75 Å². The first kappa shape index (κ1) is 14.8. The maximum absolute atomic E-state index is 12.6. The van der Waals surface area contributed by atoms with Crippen molar-refractivity contribution in [2.45, 2.75) is 13.3 Å². The van der Waals surface area contributed by atoms with Gasteiger partial charge in [-0.3, -0.25) is 4.79 Å². The summed E-state index contributed by atoms with van der Waals surface area (Å²) in [7, 11) is 0. The van der Waals surface area contributed by atoms with Crippen LogP contribution in [0, 0.1) is 6.92 Å². The van der Waals surface area contributed by atoms with Gasteiger partial charge in [-0.05, 0) is 43.7 Å². The molecular formula is C15H23N3O2. The van der Waals surface area contributed by atoms with E-state index in [0.29, 0.717) is 12.1 Å². The number of nitrogens with two attached hydrogens (primary N) is 1. The number of hydrogen-bond acceptors (Lipinski definition) is 4. The lowest BCUT2D eigenvalue weighted by atomic mass is 10.1. The van der Waals surface area contributed by atoms with E-state index in [4.69, 9.17) is 5.73 Å². The van der Waals surface area contributed by atoms with Crippen molar-refractivity contribution in [2.24, 2.45) is 5.73 Å². The maximum Gasteiger partial charge on any atom is 0.254 e. The number of phenols is 1. The maximum atomic E-state index is 12.6. The fourth-order valence-corrected chi connectivity index (χ4v) is 2.64. The molecule has 5 nitrogen and oxygen atoms in total. The van der Waals surface area contributed by atoms with Gasteiger partial charge in [0, 0.05) is 38.3 Å². The van der Waals surface area contributed by atoms with E-state index in [2.05, 4.69) is 4.90 Å². The number of hydrogen-bond donors (Lipinski definition) is 2. The van der Waals surface area contributed by atoms with Gasteiger partial charge in [-0.2, -0.15) is 0 Å². The average Bonchev–Trinajstić information content (AvgIpc) is 2.64. The van der Waals surface area contributed by atoms with Gasteiger partial charge in [-0.15, -0.1) is 0 Å². The Morgan fingerprint density at radius 1 is 1.30 bits per heavy atom. The van der Waals surface area contributed by atoms with Gasteiger partial charge in [-0.25, -0.2) is 0 Å². The summed E-state index contributed by atoms with van der Waals surface area (Å²) < 4.78 is 0. The third-order valence-electron chi connectivity index (χ3n) is 3.76. The number of amides is 1. The third kappa shape index (κ3) is 3.49. The molecule has 0 aliphatic carbocycles. The molecule has 2 rings (SSSR count). The van der Waals surface area contributed by atoms with Crippen LogP contribution in [0.3, 0.4) is 0 Å². The number of aromatic hydroxyl groups is 1. The van der Waals surface area contributed by atoms with Gasteiger partial charge >= 0.3 is 0 Å². The average molecular weight is 277 g/mol. The van der Waals surface area contributed by atoms with Crippen LogP contribution in [-0.2, 0) is 0 Å². The van der Waals surface area contributed by atoms with Gasteiger partial charge in [0.1, 0.15) is 5.75 Å². The van der Waals surface area contributed by atoms with Gasteiger partial charge in [0.05, 0.1) is 0 Å². The van der Waals surface area contributed by atoms with E-state index in [1.807, 2.05) is 11.8 Å². The quantitative estimate of drug-likeness (QED) is 0.857. The minimum Gasteiger partial charge on any atom is -0.508 e. The highest BCUT2D eigenvalue weighted by Gasteiger charge is 2.21. The van der Waals surface area contributed by atoms with E-state index >= 15 is 0 Å². The van der Waals surface area contributed by atoms with Gasteiger partial charge in [0.15, 0.2) is 0 Å². The Morgan fingerprint density at radius 3 is 2.80 bits per heavy atom. The molecule has 0 unspecified atom stereocenters. The summed E-state index contributed by atoms with van der Waals surface area (Å²) in [6.07, 6.45) is 0.975. The Bertz CT molecular complexity index is 476. The molecule has 20 heavy (non-hydrogen) atoms. The Kier molecular flexibility index (Phi) is 4.98. The summed E-state index contributed by atoms with van der Waals surface area (Å²) in [6, 6.07) is 4.90. The van der Waals surface area contributed by atoms with Crippen molar-refractivity contribution < 1.29 is 9.90 Å². The molecule has 0 radical (unpaired) electrons. The van der Waals surface area contributed by atoms with E-state index in [-0.39, 0.29) is 11.7 Å². The minimum atomic E-state index is 0.0529. The molecule has 1 aromatic carbocycles. The summed E-state index contributed by atoms with van der Waals surface area (Å²) in [6.45, 7) is 6.78. The molecule has 1 amide bonds. The molecule has 1 saturated heterocycles. The molecule has 110 valence electrons. The van der Waals surface area contributed by atoms with Crippen LogP contribution >= 0.6 is 0 Å². The SMILES string of the molecule is Cc1cc(O)ccc1C(=O)N1CCCN(CCN)CC1. The zero-order valence-electron chi connectivity index (χ0n) is 12.0. The lowest BCUT2D eigenvalue weighted by Gasteiger charge is -2.22. The number of benzene rings is 1. The van der Waals surface area contributed by atoms with E-state index < -0.39 is 0 Å². The second kappa shape index (κ2) is 6.72. The first-order valence-electron chi connectivity index (χ1n) is 7.13. The van der Waals surface area contributed by atoms with E-state index in [0.717, 1.165) is 44.7 Å². The van der Waals surface area contributed by atoms with E-state index in [9.17, 15) is 9.90 Å². The Balaban J connectivity index is 2.05. The van der Waals surface area contributed by atoms with Crippen molar-refractivity contribution >= 4 is 5.91 Å². The molecule has 1 aromatic rings. The number of nitrogens with zero attached hydrogens (tertiary/aromatic N) is 2. The second-order valence-corrected chi connectivity index (χ2v) is 5.28. The molecule has 3 N–H and O–H groups in total. The molecule has 0 aromatic heterocycles. The van der Waals surface area contributed by atoms with Crippen molar-refractivity contribution in [3.8, 4) is 5.75 Å². The minimum absolute atomic E-state index is 0.0529. The summed E-state index contributed by atoms with van der Waals surface area (Å²) in [4.78, 5) is 16.8. The van der Waals surface area contributed by atoms with Crippen LogP contribution in [0.4, 0.5) is 0 Å². The number of aryl methyl sites for hydroxylation is 1. The monoisotopic (exact) mass is 277 g/mol. The van der Waals surface area contributed by atoms with Crippen LogP contribution in [-0.4, -0.2) is 60.1 Å². The molecule has 1 aliphatic rings. The van der Waals surface area contributed by atoms with Gasteiger partial charge in [-0.1, -0.05) is 0 Å². The fourth-order valence-electron chi connectivity index (χ4n) is 2.64. The van der Waals surface area contributed by atoms with Crippen molar-refractivity contribution in [3.63, 3.8) is 0 Å². The number of carbonyl (C=O) groups is 1. The van der Waals surface area contributed by atoms with Crippen molar-refractivity contribution in [3.05, 3.63) is 29.3 Å². The molecule has 0 spiro atoms. The van der Waals surface area contributed by atoms with E-state index in [1.165, 1.54) is 0 Å². The summed E-state index contributed by atoms with van der Waals surface area (Å²) >= 11 is 0. The van der Waals surface area contributed by atoms with Crippen LogP contribution in [0.1, 0.15) is 22.3 Å². The van der Waals surface area contributed by atoms with Crippen molar-refractivity contribution in [1.82, 2.24) is 9.80 Å². The highest BCUT2D eigenvalue weighted by atomic mass is 16.3. The smallest absolute Gasteiger partial charge is 0.254 e. The van der Waals surface area contributed by atoms with Crippen molar-refractivity contribution in [1.29, 1.82) is 0 Å². The lowest BCUT2D eigenvalue weighted by molar-refractivity contribution is 0.0761. The Hall–Kier alpha value is -1.59. The zero-order valence-corrected chi connectivity index (χ0v) is 12.0. The first-order chi connectivity index (χ1) is 9.61. The van der Waals surface area contributed by atoms with Crippen LogP contribution in [0.2, 0.25) is 0 Å². The van der Waals surface area contributed by atoms with Crippen molar-refractivity contribution in [2.75, 3.05) is 39.3 Å². The largest absolute Gasteiger partial charge is 0.508 e. The topological polar surface area (TPSA) is 69.8 Å². The van der Waals surface area contributed by atoms with Crippen LogP contribution in [0.25, 0.3) is 0 Å². The molecule has 5 heteroatoms. The molecular weight excluding hydrogens is 254 g/mol. The summed E-state index contributed by atoms with van der Waals surface area (Å²) in [5.74, 6) is 0.251. The highest BCUT2D eigenvalue weighted by Crippen LogP contribution is 2.18. The van der Waals surface area contributed by atoms with E-state index in [1.54, 1.807) is 18.2 Å². The molecule has 0 bridgehead atoms. The predicted molar refractivity (Wildman–Crippen MR) is 78.9 cm³/mol. The third-order valence-corrected chi connectivity index (χ3v) is 3.76. The molecule has 0 atom stereocenters. The highest BCUT2D eigenvalue weighted by molar-refractivity contribution is 5.95. The number of phenolic OH excluding ortho intramolecular Hbond substituents is 1. The van der Waals surface area contributed by atoms with Crippen LogP contribution < -0.4 is 5.73 Å². The van der Waals surface area contributed by atoms with Gasteiger partial charge in [0.25, 0.3) is 5.91 Å². The first-order valence-corrected chi connectivity index (χ1v) is 7.13. The van der Waals surface area contributed by atoms with Gasteiger partial charge < -0.3 is 20.6 Å². The summed E-state index contributed by atoms with van der Waals surface area (Å²) in [5, 5.41) is 9.42. The lowest BCUT2D eigenvalue weighted by Crippen LogP contribution is -2.36. The predicted octanol–water partition coefficient (Wildman–Crippen LogP) is 0.807. The fraction of sp³-hybridized carbons (Fsp3) is 0.533. The zero-order chi connectivity index (χ0) is 14.5. The van der Waals surface area contributed by atoms with Crippen LogP contribution in [0.15, 0.2) is 18.2 Å². The molecule has 1 heterocycles. The van der Waals surface area contributed by atoms with Gasteiger partial charge in [0.2, 0.25) is 0 Å². The summed E-state index contributed by atoms with van der Waals surface area (Å²) in [5.41, 5.74) is 7.08. The normalized spacial score (nSPS) is 17.0. The number of rotatable bonds is 3. The Labute approximate surface area is 120 Å².